The van der Waals surface area contributed by atoms with Crippen molar-refractivity contribution in [2.45, 2.75) is 25.4 Å². The quantitative estimate of drug-likeness (QED) is 0.817. The second-order valence-electron chi connectivity index (χ2n) is 4.31. The van der Waals surface area contributed by atoms with E-state index in [0.717, 1.165) is 5.56 Å². The normalized spacial score (nSPS) is 14.6. The molecule has 1 unspecified atom stereocenters. The smallest absolute Gasteiger partial charge is 0.329 e. The average Bonchev–Trinajstić information content (AvgIpc) is 2.28. The number of carboxylic acids is 1. The molecule has 1 aromatic rings. The third-order valence-electron chi connectivity index (χ3n) is 2.53. The lowest BCUT2D eigenvalue weighted by Crippen LogP contribution is -2.54. The van der Waals surface area contributed by atoms with E-state index in [4.69, 9.17) is 0 Å². The van der Waals surface area contributed by atoms with Crippen LogP contribution < -0.4 is 5.32 Å². The van der Waals surface area contributed by atoms with Crippen LogP contribution in [0.2, 0.25) is 0 Å². The van der Waals surface area contributed by atoms with E-state index in [1.807, 2.05) is 50.4 Å². The van der Waals surface area contributed by atoms with Gasteiger partial charge in [0.15, 0.2) is 5.54 Å². The molecule has 0 aliphatic rings. The van der Waals surface area contributed by atoms with Crippen LogP contribution in [0.15, 0.2) is 30.3 Å². The van der Waals surface area contributed by atoms with E-state index in [9.17, 15) is 9.90 Å². The SMILES string of the molecule is CSCC(NC(C)C)(C(=O)O)c1ccccc1. The van der Waals surface area contributed by atoms with Crippen LogP contribution in [0.3, 0.4) is 0 Å². The highest BCUT2D eigenvalue weighted by Crippen LogP contribution is 2.26. The molecule has 0 bridgehead atoms. The van der Waals surface area contributed by atoms with Crippen LogP contribution in [-0.2, 0) is 10.3 Å². The Morgan fingerprint density at radius 2 is 2.00 bits per heavy atom. The standard InChI is InChI=1S/C13H19NO2S/c1-10(2)14-13(9-17-3,12(15)16)11-7-5-4-6-8-11/h4-8,10,14H,9H2,1-3H3,(H,15,16). The summed E-state index contributed by atoms with van der Waals surface area (Å²) in [6.45, 7) is 3.92. The Morgan fingerprint density at radius 1 is 1.41 bits per heavy atom. The summed E-state index contributed by atoms with van der Waals surface area (Å²) >= 11 is 1.53. The molecule has 0 aliphatic heterocycles. The van der Waals surface area contributed by atoms with Gasteiger partial charge in [-0.05, 0) is 25.7 Å². The highest BCUT2D eigenvalue weighted by molar-refractivity contribution is 7.98. The monoisotopic (exact) mass is 253 g/mol. The van der Waals surface area contributed by atoms with Gasteiger partial charge < -0.3 is 5.11 Å². The van der Waals surface area contributed by atoms with E-state index >= 15 is 0 Å². The molecular formula is C13H19NO2S. The topological polar surface area (TPSA) is 49.3 Å². The molecule has 17 heavy (non-hydrogen) atoms. The van der Waals surface area contributed by atoms with Gasteiger partial charge in [-0.3, -0.25) is 5.32 Å². The maximum atomic E-state index is 11.7. The molecule has 94 valence electrons. The Hall–Kier alpha value is -1.00. The van der Waals surface area contributed by atoms with Crippen molar-refractivity contribution in [3.05, 3.63) is 35.9 Å². The van der Waals surface area contributed by atoms with Crippen LogP contribution in [0.4, 0.5) is 0 Å². The van der Waals surface area contributed by atoms with E-state index in [2.05, 4.69) is 5.32 Å². The van der Waals surface area contributed by atoms with E-state index in [1.165, 1.54) is 11.8 Å². The summed E-state index contributed by atoms with van der Waals surface area (Å²) in [5, 5.41) is 12.8. The molecule has 4 heteroatoms. The second-order valence-corrected chi connectivity index (χ2v) is 5.17. The van der Waals surface area contributed by atoms with Gasteiger partial charge >= 0.3 is 5.97 Å². The minimum Gasteiger partial charge on any atom is -0.480 e. The van der Waals surface area contributed by atoms with E-state index in [1.54, 1.807) is 0 Å². The lowest BCUT2D eigenvalue weighted by molar-refractivity contribution is -0.144. The zero-order valence-electron chi connectivity index (χ0n) is 10.4. The van der Waals surface area contributed by atoms with Crippen molar-refractivity contribution in [3.63, 3.8) is 0 Å². The second kappa shape index (κ2) is 6.07. The number of hydrogen-bond donors (Lipinski definition) is 2. The van der Waals surface area contributed by atoms with Crippen molar-refractivity contribution in [2.24, 2.45) is 0 Å². The van der Waals surface area contributed by atoms with Crippen molar-refractivity contribution in [3.8, 4) is 0 Å². The van der Waals surface area contributed by atoms with Gasteiger partial charge in [0.25, 0.3) is 0 Å². The fraction of sp³-hybridized carbons (Fsp3) is 0.462. The Morgan fingerprint density at radius 3 is 2.41 bits per heavy atom. The fourth-order valence-electron chi connectivity index (χ4n) is 1.89. The third kappa shape index (κ3) is 3.23. The molecule has 0 saturated carbocycles. The van der Waals surface area contributed by atoms with Gasteiger partial charge in [-0.15, -0.1) is 0 Å². The first kappa shape index (κ1) is 14.1. The first-order chi connectivity index (χ1) is 8.03. The van der Waals surface area contributed by atoms with Crippen molar-refractivity contribution in [1.82, 2.24) is 5.32 Å². The molecule has 0 saturated heterocycles. The molecule has 0 heterocycles. The maximum absolute atomic E-state index is 11.7. The molecule has 1 aromatic carbocycles. The van der Waals surface area contributed by atoms with Gasteiger partial charge in [-0.25, -0.2) is 4.79 Å². The van der Waals surface area contributed by atoms with Gasteiger partial charge in [0.05, 0.1) is 0 Å². The number of hydrogen-bond acceptors (Lipinski definition) is 3. The van der Waals surface area contributed by atoms with Gasteiger partial charge in [0.2, 0.25) is 0 Å². The number of aliphatic carboxylic acids is 1. The average molecular weight is 253 g/mol. The van der Waals surface area contributed by atoms with E-state index < -0.39 is 11.5 Å². The summed E-state index contributed by atoms with van der Waals surface area (Å²) in [5.74, 6) is -0.323. The van der Waals surface area contributed by atoms with Gasteiger partial charge in [0, 0.05) is 11.8 Å². The van der Waals surface area contributed by atoms with Crippen LogP contribution in [0.5, 0.6) is 0 Å². The molecule has 1 rings (SSSR count). The molecule has 2 N–H and O–H groups in total. The van der Waals surface area contributed by atoms with E-state index in [0.29, 0.717) is 5.75 Å². The van der Waals surface area contributed by atoms with Gasteiger partial charge in [0.1, 0.15) is 0 Å². The summed E-state index contributed by atoms with van der Waals surface area (Å²) in [6, 6.07) is 9.47. The van der Waals surface area contributed by atoms with Crippen LogP contribution in [0, 0.1) is 0 Å². The maximum Gasteiger partial charge on any atom is 0.329 e. The number of rotatable bonds is 6. The van der Waals surface area contributed by atoms with Crippen molar-refractivity contribution in [2.75, 3.05) is 12.0 Å². The number of nitrogens with one attached hydrogen (secondary N) is 1. The highest BCUT2D eigenvalue weighted by atomic mass is 32.2. The number of benzene rings is 1. The lowest BCUT2D eigenvalue weighted by Gasteiger charge is -2.32. The Balaban J connectivity index is 3.19. The zero-order chi connectivity index (χ0) is 12.9. The molecule has 0 spiro atoms. The molecule has 0 aliphatic carbocycles. The molecule has 0 fully saturated rings. The Bertz CT molecular complexity index is 367. The van der Waals surface area contributed by atoms with Gasteiger partial charge in [-0.1, -0.05) is 30.3 Å². The summed E-state index contributed by atoms with van der Waals surface area (Å²) in [7, 11) is 0. The Labute approximate surface area is 107 Å². The molecule has 3 nitrogen and oxygen atoms in total. The fourth-order valence-corrected chi connectivity index (χ4v) is 2.69. The van der Waals surface area contributed by atoms with Crippen LogP contribution in [0.1, 0.15) is 19.4 Å². The van der Waals surface area contributed by atoms with Crippen molar-refractivity contribution < 1.29 is 9.90 Å². The lowest BCUT2D eigenvalue weighted by atomic mass is 9.91. The largest absolute Gasteiger partial charge is 0.480 e. The Kier molecular flexibility index (Phi) is 5.02. The minimum absolute atomic E-state index is 0.110. The van der Waals surface area contributed by atoms with E-state index in [-0.39, 0.29) is 6.04 Å². The molecular weight excluding hydrogens is 234 g/mol. The number of carbonyl (C=O) groups is 1. The predicted molar refractivity (Wildman–Crippen MR) is 72.4 cm³/mol. The predicted octanol–water partition coefficient (Wildman–Crippen LogP) is 2.33. The zero-order valence-corrected chi connectivity index (χ0v) is 11.3. The van der Waals surface area contributed by atoms with Crippen molar-refractivity contribution >= 4 is 17.7 Å². The minimum atomic E-state index is -1.01. The van der Waals surface area contributed by atoms with Crippen LogP contribution >= 0.6 is 11.8 Å². The van der Waals surface area contributed by atoms with Crippen molar-refractivity contribution in [1.29, 1.82) is 0 Å². The molecule has 1 atom stereocenters. The summed E-state index contributed by atoms with van der Waals surface area (Å²) in [6.07, 6.45) is 1.92. The highest BCUT2D eigenvalue weighted by Gasteiger charge is 2.40. The molecule has 0 aromatic heterocycles. The van der Waals surface area contributed by atoms with Crippen LogP contribution in [-0.4, -0.2) is 29.1 Å². The molecule has 0 radical (unpaired) electrons. The number of thioether (sulfide) groups is 1. The van der Waals surface area contributed by atoms with Crippen LogP contribution in [0.25, 0.3) is 0 Å². The third-order valence-corrected chi connectivity index (χ3v) is 3.25. The first-order valence-corrected chi connectivity index (χ1v) is 6.98. The van der Waals surface area contributed by atoms with Gasteiger partial charge in [-0.2, -0.15) is 11.8 Å². The summed E-state index contributed by atoms with van der Waals surface area (Å²) < 4.78 is 0. The summed E-state index contributed by atoms with van der Waals surface area (Å²) in [5.41, 5.74) is -0.204. The number of carboxylic acid groups (broad SMARTS) is 1. The summed E-state index contributed by atoms with van der Waals surface area (Å²) in [4.78, 5) is 11.7. The molecule has 0 amide bonds. The first-order valence-electron chi connectivity index (χ1n) is 5.58.